The lowest BCUT2D eigenvalue weighted by molar-refractivity contribution is 0.679. The van der Waals surface area contributed by atoms with Gasteiger partial charge < -0.3 is 0 Å². The summed E-state index contributed by atoms with van der Waals surface area (Å²) in [4.78, 5) is 3.10. The fraction of sp³-hybridized carbons (Fsp3) is 0.360. The number of aryl methyl sites for hydroxylation is 3. The fourth-order valence-corrected chi connectivity index (χ4v) is 5.85. The summed E-state index contributed by atoms with van der Waals surface area (Å²) < 4.78 is 0. The molecule has 0 radical (unpaired) electrons. The number of hydrogen-bond acceptors (Lipinski definition) is 1. The summed E-state index contributed by atoms with van der Waals surface area (Å²) in [5, 5.41) is 0. The SMILES string of the molecule is C=C1C=CC(CCC)/C1=C(\c1ccc(C)cc1)c1c(C)sc2c1CCC2. The molecule has 134 valence electrons. The Hall–Kier alpha value is -1.86. The molecule has 0 aliphatic heterocycles. The molecule has 0 amide bonds. The van der Waals surface area contributed by atoms with Gasteiger partial charge in [0.25, 0.3) is 0 Å². The molecular weight excluding hydrogens is 332 g/mol. The molecule has 1 heterocycles. The molecule has 1 aromatic heterocycles. The number of rotatable bonds is 4. The molecule has 2 aromatic rings. The van der Waals surface area contributed by atoms with E-state index in [1.54, 1.807) is 10.4 Å². The van der Waals surface area contributed by atoms with Crippen LogP contribution < -0.4 is 0 Å². The van der Waals surface area contributed by atoms with Gasteiger partial charge in [0, 0.05) is 15.7 Å². The summed E-state index contributed by atoms with van der Waals surface area (Å²) in [6, 6.07) is 9.12. The van der Waals surface area contributed by atoms with Crippen LogP contribution in [0.25, 0.3) is 5.57 Å². The highest BCUT2D eigenvalue weighted by molar-refractivity contribution is 7.12. The van der Waals surface area contributed by atoms with Crippen molar-refractivity contribution >= 4 is 16.9 Å². The van der Waals surface area contributed by atoms with E-state index in [1.807, 2.05) is 11.3 Å². The van der Waals surface area contributed by atoms with Crippen molar-refractivity contribution in [3.63, 3.8) is 0 Å². The minimum absolute atomic E-state index is 0.500. The Morgan fingerprint density at radius 1 is 1.15 bits per heavy atom. The average Bonchev–Trinajstić information content (AvgIpc) is 3.28. The molecule has 0 saturated heterocycles. The topological polar surface area (TPSA) is 0 Å². The zero-order chi connectivity index (χ0) is 18.3. The fourth-order valence-electron chi connectivity index (χ4n) is 4.58. The third-order valence-electron chi connectivity index (χ3n) is 5.80. The average molecular weight is 361 g/mol. The molecule has 0 nitrogen and oxygen atoms in total. The van der Waals surface area contributed by atoms with Gasteiger partial charge >= 0.3 is 0 Å². The highest BCUT2D eigenvalue weighted by atomic mass is 32.1. The van der Waals surface area contributed by atoms with Crippen molar-refractivity contribution in [2.45, 2.75) is 52.9 Å². The minimum atomic E-state index is 0.500. The van der Waals surface area contributed by atoms with E-state index in [9.17, 15) is 0 Å². The molecule has 1 atom stereocenters. The van der Waals surface area contributed by atoms with E-state index in [1.165, 1.54) is 70.4 Å². The van der Waals surface area contributed by atoms with Gasteiger partial charge in [0.1, 0.15) is 0 Å². The number of benzene rings is 1. The molecule has 0 saturated carbocycles. The summed E-state index contributed by atoms with van der Waals surface area (Å²) in [5.74, 6) is 0.500. The molecule has 2 aliphatic carbocycles. The first-order valence-electron chi connectivity index (χ1n) is 9.90. The quantitative estimate of drug-likeness (QED) is 0.541. The molecule has 0 fully saturated rings. The van der Waals surface area contributed by atoms with E-state index in [0.717, 1.165) is 0 Å². The number of allylic oxidation sites excluding steroid dienone is 4. The first-order valence-corrected chi connectivity index (χ1v) is 10.7. The Balaban J connectivity index is 1.99. The smallest absolute Gasteiger partial charge is 0.00987 e. The monoisotopic (exact) mass is 360 g/mol. The zero-order valence-corrected chi connectivity index (χ0v) is 17.0. The van der Waals surface area contributed by atoms with Crippen LogP contribution in [0.2, 0.25) is 0 Å². The van der Waals surface area contributed by atoms with Crippen molar-refractivity contribution in [2.24, 2.45) is 5.92 Å². The third kappa shape index (κ3) is 2.93. The first kappa shape index (κ1) is 17.5. The molecule has 0 bridgehead atoms. The van der Waals surface area contributed by atoms with Crippen LogP contribution in [0, 0.1) is 19.8 Å². The van der Waals surface area contributed by atoms with Crippen LogP contribution in [-0.2, 0) is 12.8 Å². The summed E-state index contributed by atoms with van der Waals surface area (Å²) in [5.41, 5.74) is 9.93. The van der Waals surface area contributed by atoms with Gasteiger partial charge in [-0.25, -0.2) is 0 Å². The van der Waals surface area contributed by atoms with Gasteiger partial charge in [-0.15, -0.1) is 11.3 Å². The Kier molecular flexibility index (Phi) is 4.75. The van der Waals surface area contributed by atoms with Crippen LogP contribution in [0.1, 0.15) is 58.2 Å². The maximum Gasteiger partial charge on any atom is 0.00987 e. The molecule has 1 unspecified atom stereocenters. The summed E-state index contributed by atoms with van der Waals surface area (Å²) in [6.07, 6.45) is 10.8. The van der Waals surface area contributed by atoms with Gasteiger partial charge in [0.05, 0.1) is 0 Å². The van der Waals surface area contributed by atoms with Crippen LogP contribution in [-0.4, -0.2) is 0 Å². The van der Waals surface area contributed by atoms with E-state index in [4.69, 9.17) is 0 Å². The first-order chi connectivity index (χ1) is 12.6. The number of fused-ring (bicyclic) bond motifs is 1. The Morgan fingerprint density at radius 2 is 1.92 bits per heavy atom. The Morgan fingerprint density at radius 3 is 2.65 bits per heavy atom. The van der Waals surface area contributed by atoms with Gasteiger partial charge in [0.15, 0.2) is 0 Å². The van der Waals surface area contributed by atoms with Gasteiger partial charge in [-0.1, -0.05) is 61.9 Å². The largest absolute Gasteiger partial charge is 0.145 e. The van der Waals surface area contributed by atoms with Crippen LogP contribution in [0.15, 0.2) is 54.1 Å². The van der Waals surface area contributed by atoms with E-state index in [0.29, 0.717) is 5.92 Å². The molecule has 4 rings (SSSR count). The second kappa shape index (κ2) is 7.04. The molecule has 1 heteroatoms. The van der Waals surface area contributed by atoms with Crippen molar-refractivity contribution in [2.75, 3.05) is 0 Å². The molecule has 1 aromatic carbocycles. The lowest BCUT2D eigenvalue weighted by Gasteiger charge is -2.20. The minimum Gasteiger partial charge on any atom is -0.145 e. The van der Waals surface area contributed by atoms with Crippen LogP contribution in [0.5, 0.6) is 0 Å². The highest BCUT2D eigenvalue weighted by Crippen LogP contribution is 2.46. The van der Waals surface area contributed by atoms with E-state index in [2.05, 4.69) is 63.8 Å². The van der Waals surface area contributed by atoms with E-state index < -0.39 is 0 Å². The van der Waals surface area contributed by atoms with Crippen LogP contribution in [0.4, 0.5) is 0 Å². The second-order valence-electron chi connectivity index (χ2n) is 7.72. The van der Waals surface area contributed by atoms with Gasteiger partial charge in [0.2, 0.25) is 0 Å². The lowest BCUT2D eigenvalue weighted by Crippen LogP contribution is -2.04. The summed E-state index contributed by atoms with van der Waals surface area (Å²) in [7, 11) is 0. The van der Waals surface area contributed by atoms with E-state index in [-0.39, 0.29) is 0 Å². The summed E-state index contributed by atoms with van der Waals surface area (Å²) >= 11 is 2.02. The number of thiophene rings is 1. The predicted octanol–water partition coefficient (Wildman–Crippen LogP) is 7.20. The highest BCUT2D eigenvalue weighted by Gasteiger charge is 2.29. The molecule has 2 aliphatic rings. The lowest BCUT2D eigenvalue weighted by atomic mass is 9.83. The normalized spacial score (nSPS) is 20.7. The third-order valence-corrected chi connectivity index (χ3v) is 7.01. The van der Waals surface area contributed by atoms with Crippen molar-refractivity contribution in [1.82, 2.24) is 0 Å². The molecule has 26 heavy (non-hydrogen) atoms. The molecule has 0 N–H and O–H groups in total. The van der Waals surface area contributed by atoms with Crippen LogP contribution in [0.3, 0.4) is 0 Å². The maximum atomic E-state index is 4.42. The standard InChI is InChI=1S/C25H28S/c1-5-7-19-15-12-17(3)23(19)25(20-13-10-16(2)11-14-20)24-18(4)26-22-9-6-8-21(22)24/h10-15,19H,3,5-9H2,1-2,4H3/b25-23+. The van der Waals surface area contributed by atoms with Gasteiger partial charge in [-0.3, -0.25) is 0 Å². The van der Waals surface area contributed by atoms with Gasteiger partial charge in [-0.2, -0.15) is 0 Å². The second-order valence-corrected chi connectivity index (χ2v) is 9.03. The maximum absolute atomic E-state index is 4.42. The zero-order valence-electron chi connectivity index (χ0n) is 16.2. The Bertz CT molecular complexity index is 902. The number of hydrogen-bond donors (Lipinski definition) is 0. The van der Waals surface area contributed by atoms with Crippen molar-refractivity contribution in [3.8, 4) is 0 Å². The Labute approximate surface area is 162 Å². The van der Waals surface area contributed by atoms with Crippen molar-refractivity contribution in [1.29, 1.82) is 0 Å². The molecular formula is C25H28S. The predicted molar refractivity (Wildman–Crippen MR) is 115 cm³/mol. The summed E-state index contributed by atoms with van der Waals surface area (Å²) in [6.45, 7) is 11.2. The van der Waals surface area contributed by atoms with Crippen molar-refractivity contribution < 1.29 is 0 Å². The van der Waals surface area contributed by atoms with E-state index >= 15 is 0 Å². The van der Waals surface area contributed by atoms with Gasteiger partial charge in [-0.05, 0) is 72.9 Å². The van der Waals surface area contributed by atoms with Crippen LogP contribution >= 0.6 is 11.3 Å². The molecule has 0 spiro atoms. The van der Waals surface area contributed by atoms with Crippen molar-refractivity contribution in [3.05, 3.63) is 86.2 Å².